The third-order valence-corrected chi connectivity index (χ3v) is 3.75. The number of halogens is 1. The maximum absolute atomic E-state index is 13.7. The van der Waals surface area contributed by atoms with E-state index in [4.69, 9.17) is 5.73 Å². The molecule has 0 saturated heterocycles. The zero-order valence-electron chi connectivity index (χ0n) is 11.9. The second-order valence-electron chi connectivity index (χ2n) is 5.20. The van der Waals surface area contributed by atoms with Gasteiger partial charge in [0.25, 0.3) is 0 Å². The van der Waals surface area contributed by atoms with Gasteiger partial charge in [0.15, 0.2) is 0 Å². The van der Waals surface area contributed by atoms with E-state index < -0.39 is 0 Å². The molecule has 4 aromatic rings. The molecule has 0 amide bonds. The first-order valence-electron chi connectivity index (χ1n) is 6.94. The van der Waals surface area contributed by atoms with Crippen molar-refractivity contribution in [1.82, 2.24) is 14.4 Å². The number of nitrogen functional groups attached to an aromatic ring is 1. The predicted octanol–water partition coefficient (Wildman–Crippen LogP) is 3.58. The molecule has 4 nitrogen and oxygen atoms in total. The highest BCUT2D eigenvalue weighted by molar-refractivity contribution is 5.87. The van der Waals surface area contributed by atoms with Gasteiger partial charge in [0.05, 0.1) is 16.7 Å². The van der Waals surface area contributed by atoms with E-state index in [1.54, 1.807) is 6.07 Å². The summed E-state index contributed by atoms with van der Waals surface area (Å²) in [6.07, 6.45) is 0. The summed E-state index contributed by atoms with van der Waals surface area (Å²) in [6, 6.07) is 14.2. The van der Waals surface area contributed by atoms with Crippen LogP contribution in [0.3, 0.4) is 0 Å². The van der Waals surface area contributed by atoms with Gasteiger partial charge in [-0.1, -0.05) is 30.3 Å². The number of aryl methyl sites for hydroxylation is 1. The number of nitrogens with two attached hydrogens (primary N) is 1. The lowest BCUT2D eigenvalue weighted by Crippen LogP contribution is -2.00. The lowest BCUT2D eigenvalue weighted by molar-refractivity contribution is 0.629. The van der Waals surface area contributed by atoms with Crippen LogP contribution in [0.25, 0.3) is 27.9 Å². The minimum atomic E-state index is -0.314. The van der Waals surface area contributed by atoms with Crippen LogP contribution in [0, 0.1) is 12.7 Å². The maximum atomic E-state index is 13.7. The van der Waals surface area contributed by atoms with Crippen LogP contribution in [0.15, 0.2) is 48.5 Å². The SMILES string of the molecule is Cc1nc(-c2ccccc2)n2c1c(N)nc1ccc(F)cc12. The zero-order chi connectivity index (χ0) is 15.3. The number of rotatable bonds is 1. The third kappa shape index (κ3) is 1.75. The molecule has 0 aliphatic rings. The number of imidazole rings is 1. The summed E-state index contributed by atoms with van der Waals surface area (Å²) in [7, 11) is 0. The molecule has 0 spiro atoms. The fourth-order valence-electron chi connectivity index (χ4n) is 2.80. The van der Waals surface area contributed by atoms with Crippen molar-refractivity contribution in [3.8, 4) is 11.4 Å². The zero-order valence-corrected chi connectivity index (χ0v) is 11.9. The number of fused-ring (bicyclic) bond motifs is 3. The molecule has 2 aromatic carbocycles. The second kappa shape index (κ2) is 4.53. The lowest BCUT2D eigenvalue weighted by atomic mass is 10.2. The van der Waals surface area contributed by atoms with Gasteiger partial charge in [0.2, 0.25) is 0 Å². The van der Waals surface area contributed by atoms with E-state index in [9.17, 15) is 4.39 Å². The Kier molecular flexibility index (Phi) is 2.63. The highest BCUT2D eigenvalue weighted by atomic mass is 19.1. The second-order valence-corrected chi connectivity index (χ2v) is 5.20. The van der Waals surface area contributed by atoms with E-state index >= 15 is 0 Å². The number of hydrogen-bond acceptors (Lipinski definition) is 3. The first-order valence-corrected chi connectivity index (χ1v) is 6.94. The normalized spacial score (nSPS) is 11.4. The average Bonchev–Trinajstić information content (AvgIpc) is 2.88. The van der Waals surface area contributed by atoms with Gasteiger partial charge < -0.3 is 5.73 Å². The highest BCUT2D eigenvalue weighted by Gasteiger charge is 2.16. The Morgan fingerprint density at radius 1 is 1.05 bits per heavy atom. The molecule has 0 aliphatic heterocycles. The van der Waals surface area contributed by atoms with Crippen LogP contribution in [-0.4, -0.2) is 14.4 Å². The van der Waals surface area contributed by atoms with Crippen LogP contribution in [-0.2, 0) is 0 Å². The van der Waals surface area contributed by atoms with Crippen LogP contribution < -0.4 is 5.73 Å². The van der Waals surface area contributed by atoms with E-state index in [1.807, 2.05) is 41.7 Å². The fraction of sp³-hybridized carbons (Fsp3) is 0.0588. The van der Waals surface area contributed by atoms with Gasteiger partial charge >= 0.3 is 0 Å². The van der Waals surface area contributed by atoms with Crippen molar-refractivity contribution < 1.29 is 4.39 Å². The monoisotopic (exact) mass is 292 g/mol. The number of aromatic nitrogens is 3. The van der Waals surface area contributed by atoms with E-state index in [-0.39, 0.29) is 5.82 Å². The standard InChI is InChI=1S/C17H13FN4/c1-10-15-16(19)21-13-8-7-12(18)9-14(13)22(15)17(20-10)11-5-3-2-4-6-11/h2-9H,1H3,(H2,19,21). The topological polar surface area (TPSA) is 56.2 Å². The summed E-state index contributed by atoms with van der Waals surface area (Å²) in [4.78, 5) is 8.98. The molecular weight excluding hydrogens is 279 g/mol. The quantitative estimate of drug-likeness (QED) is 0.583. The van der Waals surface area contributed by atoms with Crippen molar-refractivity contribution >= 4 is 22.4 Å². The number of benzene rings is 2. The van der Waals surface area contributed by atoms with Crippen molar-refractivity contribution in [1.29, 1.82) is 0 Å². The van der Waals surface area contributed by atoms with Gasteiger partial charge in [0, 0.05) is 11.6 Å². The Morgan fingerprint density at radius 3 is 2.59 bits per heavy atom. The van der Waals surface area contributed by atoms with Crippen molar-refractivity contribution in [2.24, 2.45) is 0 Å². The van der Waals surface area contributed by atoms with Crippen LogP contribution in [0.5, 0.6) is 0 Å². The van der Waals surface area contributed by atoms with Gasteiger partial charge in [0.1, 0.15) is 23.0 Å². The summed E-state index contributed by atoms with van der Waals surface area (Å²) in [6.45, 7) is 1.88. The molecule has 0 bridgehead atoms. The molecule has 0 aliphatic carbocycles. The van der Waals surface area contributed by atoms with E-state index in [2.05, 4.69) is 9.97 Å². The average molecular weight is 292 g/mol. The Bertz CT molecular complexity index is 1010. The van der Waals surface area contributed by atoms with E-state index in [1.165, 1.54) is 12.1 Å². The molecule has 0 atom stereocenters. The molecule has 0 radical (unpaired) electrons. The minimum absolute atomic E-state index is 0.314. The summed E-state index contributed by atoms with van der Waals surface area (Å²) in [5, 5.41) is 0. The fourth-order valence-corrected chi connectivity index (χ4v) is 2.80. The number of nitrogens with zero attached hydrogens (tertiary/aromatic N) is 3. The van der Waals surface area contributed by atoms with Gasteiger partial charge in [-0.3, -0.25) is 4.40 Å². The van der Waals surface area contributed by atoms with Crippen LogP contribution in [0.4, 0.5) is 10.2 Å². The molecular formula is C17H13FN4. The van der Waals surface area contributed by atoms with Crippen molar-refractivity contribution in [3.05, 3.63) is 60.0 Å². The Balaban J connectivity index is 2.23. The van der Waals surface area contributed by atoms with Crippen molar-refractivity contribution in [3.63, 3.8) is 0 Å². The van der Waals surface area contributed by atoms with E-state index in [0.717, 1.165) is 22.6 Å². The molecule has 4 rings (SSSR count). The van der Waals surface area contributed by atoms with Gasteiger partial charge in [-0.05, 0) is 19.1 Å². The number of anilines is 1. The third-order valence-electron chi connectivity index (χ3n) is 3.75. The smallest absolute Gasteiger partial charge is 0.150 e. The summed E-state index contributed by atoms with van der Waals surface area (Å²) < 4.78 is 15.6. The molecule has 0 unspecified atom stereocenters. The first kappa shape index (κ1) is 12.8. The summed E-state index contributed by atoms with van der Waals surface area (Å²) in [5.74, 6) is 0.815. The van der Waals surface area contributed by atoms with Crippen molar-refractivity contribution in [2.45, 2.75) is 6.92 Å². The molecule has 2 heterocycles. The molecule has 22 heavy (non-hydrogen) atoms. The van der Waals surface area contributed by atoms with Crippen LogP contribution >= 0.6 is 0 Å². The van der Waals surface area contributed by atoms with Crippen LogP contribution in [0.1, 0.15) is 5.69 Å². The highest BCUT2D eigenvalue weighted by Crippen LogP contribution is 2.29. The van der Waals surface area contributed by atoms with E-state index in [0.29, 0.717) is 16.9 Å². The van der Waals surface area contributed by atoms with Gasteiger partial charge in [-0.25, -0.2) is 14.4 Å². The first-order chi connectivity index (χ1) is 10.6. The molecule has 2 N–H and O–H groups in total. The minimum Gasteiger partial charge on any atom is -0.382 e. The van der Waals surface area contributed by atoms with Gasteiger partial charge in [-0.15, -0.1) is 0 Å². The lowest BCUT2D eigenvalue weighted by Gasteiger charge is -2.08. The Hall–Kier alpha value is -2.95. The molecule has 108 valence electrons. The summed E-state index contributed by atoms with van der Waals surface area (Å²) >= 11 is 0. The maximum Gasteiger partial charge on any atom is 0.150 e. The Labute approximate surface area is 126 Å². The molecule has 0 fully saturated rings. The molecule has 0 saturated carbocycles. The largest absolute Gasteiger partial charge is 0.382 e. The van der Waals surface area contributed by atoms with Crippen LogP contribution in [0.2, 0.25) is 0 Å². The number of hydrogen-bond donors (Lipinski definition) is 1. The molecule has 2 aromatic heterocycles. The summed E-state index contributed by atoms with van der Waals surface area (Å²) in [5.41, 5.74) is 9.82. The molecule has 5 heteroatoms. The Morgan fingerprint density at radius 2 is 1.82 bits per heavy atom. The van der Waals surface area contributed by atoms with Gasteiger partial charge in [-0.2, -0.15) is 0 Å². The van der Waals surface area contributed by atoms with Crippen molar-refractivity contribution in [2.75, 3.05) is 5.73 Å². The predicted molar refractivity (Wildman–Crippen MR) is 85.0 cm³/mol.